The van der Waals surface area contributed by atoms with E-state index in [1.165, 1.54) is 17.4 Å². The number of hydrogen-bond donors (Lipinski definition) is 3. The van der Waals surface area contributed by atoms with E-state index in [-0.39, 0.29) is 35.1 Å². The van der Waals surface area contributed by atoms with Gasteiger partial charge in [0.05, 0.1) is 16.1 Å². The number of rotatable bonds is 7. The highest BCUT2D eigenvalue weighted by Crippen LogP contribution is 2.53. The van der Waals surface area contributed by atoms with Crippen LogP contribution in [0.5, 0.6) is 6.01 Å². The molecule has 5 aliphatic rings. The van der Waals surface area contributed by atoms with Crippen molar-refractivity contribution in [2.24, 2.45) is 0 Å². The molecule has 5 fully saturated rings. The second-order valence-corrected chi connectivity index (χ2v) is 14.8. The average molecular weight is 651 g/mol. The zero-order valence-corrected chi connectivity index (χ0v) is 26.5. The first-order chi connectivity index (χ1) is 22.3. The number of thiophene rings is 1. The lowest BCUT2D eigenvalue weighted by Crippen LogP contribution is -2.52. The molecule has 4 aliphatic heterocycles. The van der Waals surface area contributed by atoms with Gasteiger partial charge in [-0.25, -0.2) is 18.2 Å². The molecule has 1 aromatic carbocycles. The minimum absolute atomic E-state index is 0.147. The minimum atomic E-state index is -0.932. The number of halogens is 3. The number of anilines is 3. The first-order valence-corrected chi connectivity index (χ1v) is 17.3. The first-order valence-electron chi connectivity index (χ1n) is 16.5. The van der Waals surface area contributed by atoms with E-state index in [0.717, 1.165) is 63.7 Å². The van der Waals surface area contributed by atoms with Crippen LogP contribution in [0.1, 0.15) is 56.4 Å². The molecule has 0 radical (unpaired) electrons. The van der Waals surface area contributed by atoms with Gasteiger partial charge in [-0.2, -0.15) is 9.97 Å². The molecule has 7 heterocycles. The van der Waals surface area contributed by atoms with Gasteiger partial charge in [-0.05, 0) is 68.7 Å². The molecular weight excluding hydrogens is 613 g/mol. The fraction of sp³-hybridized carbons (Fsp3) is 0.545. The molecule has 0 spiro atoms. The van der Waals surface area contributed by atoms with Gasteiger partial charge >= 0.3 is 6.01 Å². The van der Waals surface area contributed by atoms with Crippen LogP contribution in [0.2, 0.25) is 0 Å². The van der Waals surface area contributed by atoms with Crippen molar-refractivity contribution in [3.05, 3.63) is 29.3 Å². The highest BCUT2D eigenvalue weighted by molar-refractivity contribution is 7.23. The maximum absolute atomic E-state index is 16.0. The van der Waals surface area contributed by atoms with Gasteiger partial charge in [0.2, 0.25) is 0 Å². The quantitative estimate of drug-likeness (QED) is 0.237. The Hall–Kier alpha value is -3.42. The van der Waals surface area contributed by atoms with Crippen LogP contribution < -0.4 is 26.0 Å². The standard InChI is InChI=1S/C33H37F3N8OS/c1-38-30-20(25-26-23(10-21(35)27(25)36)46-29(37)24(26)16-3-4-16)9-22-28(41-30)31(44-18-5-6-19(44)13-39-12-18)42-32(40-22)45-15-33-7-2-8-43(33)14-17(34)11-33/h9-10,16-19,39H,2-8,11-15,37H2,1H3,(H,38,41)/t17-,18?,19?,33+/m1/s1. The minimum Gasteiger partial charge on any atom is -0.461 e. The SMILES string of the molecule is CNc1nc2c(N3C4CCC3CNC4)nc(OC[C@@]34CCCN3C[C@H](F)C4)nc2cc1-c1c(F)c(F)cc2sc(N)c(C3CC3)c12. The summed E-state index contributed by atoms with van der Waals surface area (Å²) in [5.41, 5.74) is 8.60. The normalized spacial score (nSPS) is 27.7. The van der Waals surface area contributed by atoms with Crippen LogP contribution in [0.4, 0.5) is 29.8 Å². The third-order valence-electron chi connectivity index (χ3n) is 10.9. The van der Waals surface area contributed by atoms with E-state index in [4.69, 9.17) is 25.4 Å². The van der Waals surface area contributed by atoms with Gasteiger partial charge in [-0.3, -0.25) is 4.90 Å². The molecular formula is C33H37F3N8OS. The molecule has 242 valence electrons. The molecule has 9 rings (SSSR count). The zero-order chi connectivity index (χ0) is 31.3. The van der Waals surface area contributed by atoms with Crippen LogP contribution in [0.15, 0.2) is 12.1 Å². The fourth-order valence-corrected chi connectivity index (χ4v) is 9.79. The number of benzene rings is 1. The number of pyridine rings is 1. The summed E-state index contributed by atoms with van der Waals surface area (Å²) in [6.45, 7) is 3.25. The summed E-state index contributed by atoms with van der Waals surface area (Å²) in [5.74, 6) is -0.545. The maximum Gasteiger partial charge on any atom is 0.319 e. The monoisotopic (exact) mass is 650 g/mol. The lowest BCUT2D eigenvalue weighted by atomic mass is 9.95. The second kappa shape index (κ2) is 10.5. The second-order valence-electron chi connectivity index (χ2n) is 13.7. The number of alkyl halides is 1. The number of ether oxygens (including phenoxy) is 1. The van der Waals surface area contributed by atoms with Gasteiger partial charge in [-0.15, -0.1) is 11.3 Å². The van der Waals surface area contributed by atoms with E-state index in [2.05, 4.69) is 20.4 Å². The van der Waals surface area contributed by atoms with E-state index in [0.29, 0.717) is 62.9 Å². The molecule has 2 bridgehead atoms. The van der Waals surface area contributed by atoms with E-state index in [9.17, 15) is 4.39 Å². The summed E-state index contributed by atoms with van der Waals surface area (Å²) in [6, 6.07) is 3.71. The number of nitrogens with zero attached hydrogens (tertiary/aromatic N) is 5. The van der Waals surface area contributed by atoms with Crippen LogP contribution >= 0.6 is 11.3 Å². The Morgan fingerprint density at radius 3 is 2.70 bits per heavy atom. The third-order valence-corrected chi connectivity index (χ3v) is 11.9. The molecule has 4 N–H and O–H groups in total. The smallest absolute Gasteiger partial charge is 0.319 e. The van der Waals surface area contributed by atoms with Gasteiger partial charge < -0.3 is 26.0 Å². The van der Waals surface area contributed by atoms with Gasteiger partial charge in [-0.1, -0.05) is 0 Å². The molecule has 46 heavy (non-hydrogen) atoms. The summed E-state index contributed by atoms with van der Waals surface area (Å²) < 4.78 is 52.8. The van der Waals surface area contributed by atoms with Crippen LogP contribution in [0.25, 0.3) is 32.2 Å². The highest BCUT2D eigenvalue weighted by Gasteiger charge is 2.49. The van der Waals surface area contributed by atoms with Crippen molar-refractivity contribution in [3.8, 4) is 17.1 Å². The van der Waals surface area contributed by atoms with Crippen LogP contribution in [-0.4, -0.2) is 83.5 Å². The molecule has 13 heteroatoms. The molecule has 1 saturated carbocycles. The van der Waals surface area contributed by atoms with Crippen molar-refractivity contribution in [3.63, 3.8) is 0 Å². The lowest BCUT2D eigenvalue weighted by molar-refractivity contribution is 0.107. The van der Waals surface area contributed by atoms with Gasteiger partial charge in [0.1, 0.15) is 24.1 Å². The molecule has 2 unspecified atom stereocenters. The Balaban J connectivity index is 1.23. The molecule has 0 amide bonds. The van der Waals surface area contributed by atoms with Gasteiger partial charge in [0.25, 0.3) is 0 Å². The van der Waals surface area contributed by atoms with E-state index in [1.54, 1.807) is 13.1 Å². The Labute approximate surface area is 268 Å². The first kappa shape index (κ1) is 28.8. The Bertz CT molecular complexity index is 1870. The summed E-state index contributed by atoms with van der Waals surface area (Å²) in [7, 11) is 1.73. The van der Waals surface area contributed by atoms with Crippen molar-refractivity contribution in [2.75, 3.05) is 55.8 Å². The number of fused-ring (bicyclic) bond motifs is 5. The van der Waals surface area contributed by atoms with Crippen molar-refractivity contribution >= 4 is 49.1 Å². The number of nitrogen functional groups attached to an aromatic ring is 1. The predicted octanol–water partition coefficient (Wildman–Crippen LogP) is 5.58. The van der Waals surface area contributed by atoms with E-state index in [1.807, 2.05) is 0 Å². The maximum atomic E-state index is 16.0. The van der Waals surface area contributed by atoms with Crippen LogP contribution in [0.3, 0.4) is 0 Å². The summed E-state index contributed by atoms with van der Waals surface area (Å²) in [4.78, 5) is 19.4. The lowest BCUT2D eigenvalue weighted by Gasteiger charge is -2.36. The topological polar surface area (TPSA) is 104 Å². The number of nitrogens with two attached hydrogens (primary N) is 1. The molecule has 4 aromatic rings. The number of hydrogen-bond acceptors (Lipinski definition) is 10. The van der Waals surface area contributed by atoms with Gasteiger partial charge in [0, 0.05) is 66.4 Å². The highest BCUT2D eigenvalue weighted by atomic mass is 32.1. The fourth-order valence-electron chi connectivity index (χ4n) is 8.70. The largest absolute Gasteiger partial charge is 0.461 e. The number of nitrogens with one attached hydrogen (secondary N) is 2. The molecule has 4 saturated heterocycles. The van der Waals surface area contributed by atoms with E-state index >= 15 is 8.78 Å². The van der Waals surface area contributed by atoms with Crippen molar-refractivity contribution in [1.82, 2.24) is 25.2 Å². The van der Waals surface area contributed by atoms with Crippen molar-refractivity contribution < 1.29 is 17.9 Å². The molecule has 3 aromatic heterocycles. The average Bonchev–Trinajstić information content (AvgIpc) is 3.53. The van der Waals surface area contributed by atoms with Crippen molar-refractivity contribution in [2.45, 2.75) is 74.7 Å². The summed E-state index contributed by atoms with van der Waals surface area (Å²) in [5, 5.41) is 7.93. The summed E-state index contributed by atoms with van der Waals surface area (Å²) >= 11 is 1.29. The predicted molar refractivity (Wildman–Crippen MR) is 175 cm³/mol. The van der Waals surface area contributed by atoms with Crippen LogP contribution in [-0.2, 0) is 0 Å². The van der Waals surface area contributed by atoms with E-state index < -0.39 is 17.8 Å². The Morgan fingerprint density at radius 1 is 1.13 bits per heavy atom. The number of aromatic nitrogens is 3. The van der Waals surface area contributed by atoms with Crippen molar-refractivity contribution in [1.29, 1.82) is 0 Å². The number of piperazine rings is 1. The molecule has 4 atom stereocenters. The Kier molecular flexibility index (Phi) is 6.60. The third kappa shape index (κ3) is 4.37. The molecule has 1 aliphatic carbocycles. The molecule has 9 nitrogen and oxygen atoms in total. The van der Waals surface area contributed by atoms with Crippen LogP contribution in [0, 0.1) is 11.6 Å². The van der Waals surface area contributed by atoms with Gasteiger partial charge in [0.15, 0.2) is 17.5 Å². The summed E-state index contributed by atoms with van der Waals surface area (Å²) in [6.07, 6.45) is 5.44. The Morgan fingerprint density at radius 2 is 1.93 bits per heavy atom. The zero-order valence-electron chi connectivity index (χ0n) is 25.7.